The Labute approximate surface area is 168 Å². The first-order chi connectivity index (χ1) is 14.0. The zero-order valence-electron chi connectivity index (χ0n) is 16.7. The fourth-order valence-corrected chi connectivity index (χ4v) is 3.69. The van der Waals surface area contributed by atoms with Crippen molar-refractivity contribution >= 4 is 22.6 Å². The predicted molar refractivity (Wildman–Crippen MR) is 111 cm³/mol. The monoisotopic (exact) mass is 386 g/mol. The molecule has 1 aromatic carbocycles. The number of aryl methyl sites for hydroxylation is 3. The van der Waals surface area contributed by atoms with Crippen molar-refractivity contribution in [3.05, 3.63) is 65.2 Å². The number of hydrogen-bond acceptors (Lipinski definition) is 4. The summed E-state index contributed by atoms with van der Waals surface area (Å²) in [5, 5.41) is 12.7. The highest BCUT2D eigenvalue weighted by atomic mass is 16.1. The van der Waals surface area contributed by atoms with Crippen molar-refractivity contribution < 1.29 is 4.79 Å². The molecule has 146 valence electrons. The van der Waals surface area contributed by atoms with Gasteiger partial charge in [-0.15, -0.1) is 0 Å². The smallest absolute Gasteiger partial charge is 0.256 e. The van der Waals surface area contributed by atoms with Gasteiger partial charge in [-0.05, 0) is 63.1 Å². The Balaban J connectivity index is 1.47. The van der Waals surface area contributed by atoms with Gasteiger partial charge in [-0.25, -0.2) is 9.67 Å². The third-order valence-corrected chi connectivity index (χ3v) is 5.34. The topological polar surface area (TPSA) is 77.6 Å². The molecule has 1 saturated carbocycles. The fourth-order valence-electron chi connectivity index (χ4n) is 3.69. The molecule has 1 N–H and O–H groups in total. The van der Waals surface area contributed by atoms with E-state index in [1.807, 2.05) is 68.2 Å². The third kappa shape index (κ3) is 3.18. The molecule has 1 fully saturated rings. The molecule has 0 saturated heterocycles. The van der Waals surface area contributed by atoms with E-state index in [2.05, 4.69) is 15.5 Å². The number of fused-ring (bicyclic) bond motifs is 1. The Morgan fingerprint density at radius 2 is 1.86 bits per heavy atom. The van der Waals surface area contributed by atoms with Gasteiger partial charge in [0.05, 0.1) is 28.0 Å². The minimum absolute atomic E-state index is 0.141. The second kappa shape index (κ2) is 6.55. The molecule has 29 heavy (non-hydrogen) atoms. The molecule has 5 rings (SSSR count). The molecule has 3 aromatic heterocycles. The highest BCUT2D eigenvalue weighted by molar-refractivity contribution is 6.12. The van der Waals surface area contributed by atoms with E-state index in [1.54, 1.807) is 4.68 Å². The molecular formula is C22H22N6O. The van der Waals surface area contributed by atoms with Crippen molar-refractivity contribution in [2.45, 2.75) is 32.6 Å². The number of anilines is 1. The molecule has 1 aliphatic rings. The van der Waals surface area contributed by atoms with Gasteiger partial charge in [0.15, 0.2) is 5.65 Å². The van der Waals surface area contributed by atoms with E-state index in [0.29, 0.717) is 11.5 Å². The molecule has 0 spiro atoms. The summed E-state index contributed by atoms with van der Waals surface area (Å²) in [5.41, 5.74) is 5.84. The lowest BCUT2D eigenvalue weighted by Crippen LogP contribution is -2.14. The van der Waals surface area contributed by atoms with E-state index in [1.165, 1.54) is 0 Å². The van der Waals surface area contributed by atoms with Crippen LogP contribution >= 0.6 is 0 Å². The van der Waals surface area contributed by atoms with Crippen LogP contribution in [0.2, 0.25) is 0 Å². The fraction of sp³-hybridized carbons (Fsp3) is 0.273. The van der Waals surface area contributed by atoms with Crippen molar-refractivity contribution in [1.82, 2.24) is 24.5 Å². The van der Waals surface area contributed by atoms with Gasteiger partial charge in [0, 0.05) is 30.5 Å². The molecule has 0 bridgehead atoms. The number of hydrogen-bond donors (Lipinski definition) is 1. The van der Waals surface area contributed by atoms with Gasteiger partial charge in [-0.3, -0.25) is 9.48 Å². The molecule has 0 aliphatic heterocycles. The molecule has 0 radical (unpaired) electrons. The summed E-state index contributed by atoms with van der Waals surface area (Å²) in [6.45, 7) is 3.87. The summed E-state index contributed by atoms with van der Waals surface area (Å²) in [5.74, 6) is 0.316. The van der Waals surface area contributed by atoms with Crippen molar-refractivity contribution in [3.63, 3.8) is 0 Å². The first-order valence-electron chi connectivity index (χ1n) is 9.78. The number of aromatic nitrogens is 5. The molecule has 0 atom stereocenters. The summed E-state index contributed by atoms with van der Waals surface area (Å²) < 4.78 is 3.57. The van der Waals surface area contributed by atoms with Gasteiger partial charge < -0.3 is 5.32 Å². The molecule has 1 amide bonds. The van der Waals surface area contributed by atoms with E-state index in [4.69, 9.17) is 4.98 Å². The van der Waals surface area contributed by atoms with Crippen molar-refractivity contribution in [2.24, 2.45) is 7.05 Å². The Bertz CT molecular complexity index is 1230. The maximum absolute atomic E-state index is 13.1. The van der Waals surface area contributed by atoms with Gasteiger partial charge in [-0.2, -0.15) is 10.2 Å². The molecule has 0 unspecified atom stereocenters. The summed E-state index contributed by atoms with van der Waals surface area (Å²) in [6, 6.07) is 11.5. The lowest BCUT2D eigenvalue weighted by Gasteiger charge is -2.10. The number of benzene rings is 1. The second-order valence-electron chi connectivity index (χ2n) is 7.68. The quantitative estimate of drug-likeness (QED) is 0.577. The van der Waals surface area contributed by atoms with Crippen LogP contribution in [0.1, 0.15) is 46.2 Å². The highest BCUT2D eigenvalue weighted by Crippen LogP contribution is 2.40. The van der Waals surface area contributed by atoms with Gasteiger partial charge >= 0.3 is 0 Å². The average molecular weight is 386 g/mol. The van der Waals surface area contributed by atoms with Crippen molar-refractivity contribution in [1.29, 1.82) is 0 Å². The van der Waals surface area contributed by atoms with Crippen LogP contribution in [0.25, 0.3) is 16.7 Å². The van der Waals surface area contributed by atoms with Crippen LogP contribution in [0.15, 0.2) is 42.6 Å². The second-order valence-corrected chi connectivity index (χ2v) is 7.68. The average Bonchev–Trinajstić information content (AvgIpc) is 3.41. The largest absolute Gasteiger partial charge is 0.322 e. The molecule has 1 aliphatic carbocycles. The van der Waals surface area contributed by atoms with Crippen LogP contribution in [-0.2, 0) is 7.05 Å². The molecule has 4 aromatic rings. The summed E-state index contributed by atoms with van der Waals surface area (Å²) in [7, 11) is 1.87. The number of nitrogens with zero attached hydrogens (tertiary/aromatic N) is 5. The number of amides is 1. The number of carbonyl (C=O) groups excluding carboxylic acids is 1. The Hall–Kier alpha value is -3.48. The minimum atomic E-state index is -0.141. The van der Waals surface area contributed by atoms with Crippen LogP contribution in [0.5, 0.6) is 0 Å². The number of pyridine rings is 1. The van der Waals surface area contributed by atoms with E-state index in [9.17, 15) is 4.79 Å². The van der Waals surface area contributed by atoms with E-state index in [-0.39, 0.29) is 5.91 Å². The lowest BCUT2D eigenvalue weighted by atomic mass is 10.1. The maximum atomic E-state index is 13.1. The first-order valence-corrected chi connectivity index (χ1v) is 9.78. The van der Waals surface area contributed by atoms with Crippen LogP contribution < -0.4 is 5.32 Å². The van der Waals surface area contributed by atoms with Crippen molar-refractivity contribution in [3.8, 4) is 5.69 Å². The number of nitrogens with one attached hydrogen (secondary N) is 1. The summed E-state index contributed by atoms with van der Waals surface area (Å²) in [6.07, 6.45) is 4.18. The highest BCUT2D eigenvalue weighted by Gasteiger charge is 2.28. The third-order valence-electron chi connectivity index (χ3n) is 5.34. The Morgan fingerprint density at radius 1 is 1.10 bits per heavy atom. The predicted octanol–water partition coefficient (Wildman–Crippen LogP) is 3.90. The Kier molecular flexibility index (Phi) is 3.97. The molecule has 7 heteroatoms. The van der Waals surface area contributed by atoms with Gasteiger partial charge in [-0.1, -0.05) is 0 Å². The lowest BCUT2D eigenvalue weighted by molar-refractivity contribution is 0.102. The van der Waals surface area contributed by atoms with E-state index in [0.717, 1.165) is 52.3 Å². The van der Waals surface area contributed by atoms with Gasteiger partial charge in [0.2, 0.25) is 0 Å². The maximum Gasteiger partial charge on any atom is 0.256 e. The number of carbonyl (C=O) groups is 1. The van der Waals surface area contributed by atoms with Crippen LogP contribution in [0.3, 0.4) is 0 Å². The van der Waals surface area contributed by atoms with E-state index < -0.39 is 0 Å². The summed E-state index contributed by atoms with van der Waals surface area (Å²) >= 11 is 0. The first kappa shape index (κ1) is 17.6. The van der Waals surface area contributed by atoms with Crippen LogP contribution in [0, 0.1) is 13.8 Å². The normalized spacial score (nSPS) is 13.8. The van der Waals surface area contributed by atoms with Gasteiger partial charge in [0.25, 0.3) is 5.91 Å². The van der Waals surface area contributed by atoms with E-state index >= 15 is 0 Å². The van der Waals surface area contributed by atoms with Crippen LogP contribution in [0.4, 0.5) is 5.69 Å². The molecule has 7 nitrogen and oxygen atoms in total. The standard InChI is InChI=1S/C22H22N6O/c1-13-10-11-28(25-13)17-8-6-16(7-9-17)23-22(29)18-12-19(15-4-5-15)24-21-20(18)14(2)26-27(21)3/h6-12,15H,4-5H2,1-3H3,(H,23,29). The van der Waals surface area contributed by atoms with Gasteiger partial charge in [0.1, 0.15) is 0 Å². The SMILES string of the molecule is Cc1ccn(-c2ccc(NC(=O)c3cc(C4CC4)nc4c3c(C)nn4C)cc2)n1. The minimum Gasteiger partial charge on any atom is -0.322 e. The summed E-state index contributed by atoms with van der Waals surface area (Å²) in [4.78, 5) is 17.9. The molecular weight excluding hydrogens is 364 g/mol. The number of rotatable bonds is 4. The zero-order valence-corrected chi connectivity index (χ0v) is 16.7. The molecule has 3 heterocycles. The van der Waals surface area contributed by atoms with Crippen LogP contribution in [-0.4, -0.2) is 30.5 Å². The Morgan fingerprint density at radius 3 is 2.52 bits per heavy atom. The zero-order chi connectivity index (χ0) is 20.1. The van der Waals surface area contributed by atoms with Crippen molar-refractivity contribution in [2.75, 3.05) is 5.32 Å².